The minimum absolute atomic E-state index is 0.0208. The number of aliphatic hydroxyl groups excluding tert-OH is 1. The fraction of sp³-hybridized carbons (Fsp3) is 0.933. The molecule has 110 valence electrons. The molecule has 0 aromatic rings. The van der Waals surface area contributed by atoms with Gasteiger partial charge in [-0.15, -0.1) is 0 Å². The topological polar surface area (TPSA) is 61.4 Å². The average Bonchev–Trinajstić information content (AvgIpc) is 3.23. The van der Waals surface area contributed by atoms with Gasteiger partial charge in [-0.1, -0.05) is 26.2 Å². The molecule has 0 aromatic carbocycles. The van der Waals surface area contributed by atoms with E-state index in [9.17, 15) is 9.90 Å². The summed E-state index contributed by atoms with van der Waals surface area (Å²) in [6.07, 6.45) is 8.16. The molecular formula is C15H28N2O2. The van der Waals surface area contributed by atoms with Crippen LogP contribution in [-0.4, -0.2) is 29.3 Å². The standard InChI is InChI=1S/C15H28N2O2/c1-3-11-6-4-5-7-13(11)16-14(19)17-15(2,10-18)12-8-9-12/h11-13,18H,3-10H2,1-2H3,(H2,16,17,19). The maximum absolute atomic E-state index is 12.1. The van der Waals surface area contributed by atoms with Crippen molar-refractivity contribution in [2.45, 2.75) is 70.4 Å². The Balaban J connectivity index is 1.85. The number of carbonyl (C=O) groups is 1. The van der Waals surface area contributed by atoms with Gasteiger partial charge in [-0.3, -0.25) is 0 Å². The molecule has 2 aliphatic carbocycles. The average molecular weight is 268 g/mol. The molecule has 0 radical (unpaired) electrons. The van der Waals surface area contributed by atoms with Gasteiger partial charge in [0.1, 0.15) is 0 Å². The molecule has 0 bridgehead atoms. The first-order chi connectivity index (χ1) is 9.09. The summed E-state index contributed by atoms with van der Waals surface area (Å²) in [5.74, 6) is 1.05. The van der Waals surface area contributed by atoms with Gasteiger partial charge in [0.15, 0.2) is 0 Å². The lowest BCUT2D eigenvalue weighted by molar-refractivity contribution is 0.150. The number of urea groups is 1. The number of hydrogen-bond acceptors (Lipinski definition) is 2. The summed E-state index contributed by atoms with van der Waals surface area (Å²) in [7, 11) is 0. The van der Waals surface area contributed by atoms with E-state index in [-0.39, 0.29) is 12.6 Å². The normalized spacial score (nSPS) is 30.5. The van der Waals surface area contributed by atoms with Crippen LogP contribution in [0.3, 0.4) is 0 Å². The summed E-state index contributed by atoms with van der Waals surface area (Å²) in [4.78, 5) is 12.1. The van der Waals surface area contributed by atoms with E-state index in [1.807, 2.05) is 6.92 Å². The summed E-state index contributed by atoms with van der Waals surface area (Å²) in [6.45, 7) is 4.17. The summed E-state index contributed by atoms with van der Waals surface area (Å²) in [6, 6.07) is 0.203. The third kappa shape index (κ3) is 3.62. The van der Waals surface area contributed by atoms with Gasteiger partial charge in [0.2, 0.25) is 0 Å². The first-order valence-corrected chi connectivity index (χ1v) is 7.78. The van der Waals surface area contributed by atoms with Gasteiger partial charge in [-0.25, -0.2) is 4.79 Å². The Bertz CT molecular complexity index is 317. The van der Waals surface area contributed by atoms with Crippen LogP contribution in [0.1, 0.15) is 58.8 Å². The fourth-order valence-electron chi connectivity index (χ4n) is 3.34. The minimum atomic E-state index is -0.444. The van der Waals surface area contributed by atoms with E-state index in [4.69, 9.17) is 0 Å². The van der Waals surface area contributed by atoms with Crippen molar-refractivity contribution in [1.82, 2.24) is 10.6 Å². The summed E-state index contributed by atoms with van der Waals surface area (Å²) in [5.41, 5.74) is -0.444. The molecule has 0 spiro atoms. The van der Waals surface area contributed by atoms with Crippen LogP contribution in [0.5, 0.6) is 0 Å². The molecule has 3 unspecified atom stereocenters. The fourth-order valence-corrected chi connectivity index (χ4v) is 3.34. The smallest absolute Gasteiger partial charge is 0.315 e. The third-order valence-corrected chi connectivity index (χ3v) is 4.96. The lowest BCUT2D eigenvalue weighted by Gasteiger charge is -2.34. The van der Waals surface area contributed by atoms with Gasteiger partial charge >= 0.3 is 6.03 Å². The Labute approximate surface area is 116 Å². The second-order valence-corrected chi connectivity index (χ2v) is 6.51. The zero-order valence-electron chi connectivity index (χ0n) is 12.2. The van der Waals surface area contributed by atoms with Crippen molar-refractivity contribution in [1.29, 1.82) is 0 Å². The molecule has 2 rings (SSSR count). The number of nitrogens with one attached hydrogen (secondary N) is 2. The van der Waals surface area contributed by atoms with Crippen LogP contribution in [0.4, 0.5) is 4.79 Å². The summed E-state index contributed by atoms with van der Waals surface area (Å²) >= 11 is 0. The second-order valence-electron chi connectivity index (χ2n) is 6.51. The van der Waals surface area contributed by atoms with Crippen molar-refractivity contribution in [2.24, 2.45) is 11.8 Å². The molecule has 2 aliphatic rings. The second kappa shape index (κ2) is 6.12. The molecule has 4 heteroatoms. The van der Waals surface area contributed by atoms with Crippen LogP contribution >= 0.6 is 0 Å². The van der Waals surface area contributed by atoms with Crippen molar-refractivity contribution in [2.75, 3.05) is 6.61 Å². The highest BCUT2D eigenvalue weighted by Gasteiger charge is 2.42. The van der Waals surface area contributed by atoms with Gasteiger partial charge < -0.3 is 15.7 Å². The van der Waals surface area contributed by atoms with Gasteiger partial charge in [-0.2, -0.15) is 0 Å². The van der Waals surface area contributed by atoms with Crippen LogP contribution in [0.15, 0.2) is 0 Å². The molecule has 0 aromatic heterocycles. The van der Waals surface area contributed by atoms with E-state index in [0.29, 0.717) is 17.9 Å². The van der Waals surface area contributed by atoms with Crippen LogP contribution < -0.4 is 10.6 Å². The highest BCUT2D eigenvalue weighted by Crippen LogP contribution is 2.39. The maximum atomic E-state index is 12.1. The maximum Gasteiger partial charge on any atom is 0.315 e. The van der Waals surface area contributed by atoms with Crippen LogP contribution in [-0.2, 0) is 0 Å². The van der Waals surface area contributed by atoms with Crippen LogP contribution in [0, 0.1) is 11.8 Å². The number of hydrogen-bond donors (Lipinski definition) is 3. The van der Waals surface area contributed by atoms with Gasteiger partial charge in [0, 0.05) is 6.04 Å². The first kappa shape index (κ1) is 14.6. The number of amides is 2. The van der Waals surface area contributed by atoms with Gasteiger partial charge in [-0.05, 0) is 44.4 Å². The van der Waals surface area contributed by atoms with Crippen LogP contribution in [0.2, 0.25) is 0 Å². The molecule has 3 N–H and O–H groups in total. The molecule has 19 heavy (non-hydrogen) atoms. The van der Waals surface area contributed by atoms with E-state index < -0.39 is 5.54 Å². The van der Waals surface area contributed by atoms with Gasteiger partial charge in [0.25, 0.3) is 0 Å². The molecular weight excluding hydrogens is 240 g/mol. The van der Waals surface area contributed by atoms with Crippen LogP contribution in [0.25, 0.3) is 0 Å². The lowest BCUT2D eigenvalue weighted by Crippen LogP contribution is -2.56. The van der Waals surface area contributed by atoms with Crippen molar-refractivity contribution in [3.63, 3.8) is 0 Å². The van der Waals surface area contributed by atoms with E-state index in [1.54, 1.807) is 0 Å². The van der Waals surface area contributed by atoms with E-state index in [1.165, 1.54) is 19.3 Å². The van der Waals surface area contributed by atoms with Crippen molar-refractivity contribution < 1.29 is 9.90 Å². The van der Waals surface area contributed by atoms with Crippen molar-refractivity contribution in [3.05, 3.63) is 0 Å². The van der Waals surface area contributed by atoms with Gasteiger partial charge in [0.05, 0.1) is 12.1 Å². The molecule has 2 saturated carbocycles. The molecule has 0 saturated heterocycles. The zero-order valence-corrected chi connectivity index (χ0v) is 12.2. The van der Waals surface area contributed by atoms with E-state index in [2.05, 4.69) is 17.6 Å². The Morgan fingerprint density at radius 3 is 2.53 bits per heavy atom. The Morgan fingerprint density at radius 1 is 1.26 bits per heavy atom. The van der Waals surface area contributed by atoms with Crippen molar-refractivity contribution in [3.8, 4) is 0 Å². The predicted octanol–water partition coefficient (Wildman–Crippen LogP) is 2.42. The highest BCUT2D eigenvalue weighted by molar-refractivity contribution is 5.75. The minimum Gasteiger partial charge on any atom is -0.394 e. The molecule has 2 fully saturated rings. The SMILES string of the molecule is CCC1CCCCC1NC(=O)NC(C)(CO)C1CC1. The molecule has 0 aliphatic heterocycles. The lowest BCUT2D eigenvalue weighted by atomic mass is 9.83. The largest absolute Gasteiger partial charge is 0.394 e. The first-order valence-electron chi connectivity index (χ1n) is 7.78. The number of carbonyl (C=O) groups excluding carboxylic acids is 1. The van der Waals surface area contributed by atoms with E-state index >= 15 is 0 Å². The quantitative estimate of drug-likeness (QED) is 0.717. The molecule has 3 atom stereocenters. The number of aliphatic hydroxyl groups is 1. The monoisotopic (exact) mass is 268 g/mol. The Kier molecular flexibility index (Phi) is 4.71. The summed E-state index contributed by atoms with van der Waals surface area (Å²) in [5, 5.41) is 15.6. The van der Waals surface area contributed by atoms with Crippen molar-refractivity contribution >= 4 is 6.03 Å². The zero-order chi connectivity index (χ0) is 13.9. The summed E-state index contributed by atoms with van der Waals surface area (Å²) < 4.78 is 0. The third-order valence-electron chi connectivity index (χ3n) is 4.96. The number of rotatable bonds is 5. The molecule has 2 amide bonds. The molecule has 0 heterocycles. The Hall–Kier alpha value is -0.770. The highest BCUT2D eigenvalue weighted by atomic mass is 16.3. The predicted molar refractivity (Wildman–Crippen MR) is 75.9 cm³/mol. The van der Waals surface area contributed by atoms with E-state index in [0.717, 1.165) is 25.7 Å². The molecule has 4 nitrogen and oxygen atoms in total. The Morgan fingerprint density at radius 2 is 1.95 bits per heavy atom.